The second-order valence-corrected chi connectivity index (χ2v) is 5.43. The van der Waals surface area contributed by atoms with Gasteiger partial charge >= 0.3 is 0 Å². The molecule has 0 aliphatic heterocycles. The Morgan fingerprint density at radius 2 is 2.10 bits per heavy atom. The van der Waals surface area contributed by atoms with Gasteiger partial charge in [0.1, 0.15) is 5.01 Å². The first-order chi connectivity index (χ1) is 9.63. The summed E-state index contributed by atoms with van der Waals surface area (Å²) in [5.41, 5.74) is 2.60. The summed E-state index contributed by atoms with van der Waals surface area (Å²) in [6.45, 7) is 6.83. The summed E-state index contributed by atoms with van der Waals surface area (Å²) in [5, 5.41) is 15.4. The molecule has 1 aromatic carbocycles. The molecule has 0 saturated heterocycles. The summed E-state index contributed by atoms with van der Waals surface area (Å²) >= 11 is 1.41. The van der Waals surface area contributed by atoms with E-state index in [1.807, 2.05) is 39.0 Å². The molecule has 1 amide bonds. The van der Waals surface area contributed by atoms with Crippen LogP contribution < -0.4 is 10.6 Å². The van der Waals surface area contributed by atoms with Crippen LogP contribution >= 0.6 is 11.3 Å². The van der Waals surface area contributed by atoms with Gasteiger partial charge in [-0.1, -0.05) is 18.3 Å². The van der Waals surface area contributed by atoms with Gasteiger partial charge in [0.2, 0.25) is 5.13 Å². The van der Waals surface area contributed by atoms with Gasteiger partial charge in [-0.25, -0.2) is 0 Å². The van der Waals surface area contributed by atoms with Crippen LogP contribution in [-0.4, -0.2) is 22.6 Å². The van der Waals surface area contributed by atoms with E-state index in [1.165, 1.54) is 11.3 Å². The topological polar surface area (TPSA) is 66.9 Å². The number of hydrogen-bond donors (Lipinski definition) is 2. The van der Waals surface area contributed by atoms with Crippen LogP contribution in [0.3, 0.4) is 0 Å². The van der Waals surface area contributed by atoms with Crippen LogP contribution in [-0.2, 0) is 6.42 Å². The van der Waals surface area contributed by atoms with Crippen molar-refractivity contribution < 1.29 is 4.79 Å². The molecule has 0 aliphatic carbocycles. The van der Waals surface area contributed by atoms with Crippen molar-refractivity contribution in [2.75, 3.05) is 17.2 Å². The minimum Gasteiger partial charge on any atom is -0.385 e. The fraction of sp³-hybridized carbons (Fsp3) is 0.357. The number of aryl methyl sites for hydroxylation is 2. The second kappa shape index (κ2) is 6.47. The van der Waals surface area contributed by atoms with Crippen molar-refractivity contribution in [3.05, 3.63) is 34.3 Å². The molecule has 0 unspecified atom stereocenters. The Morgan fingerprint density at radius 1 is 1.30 bits per heavy atom. The fourth-order valence-electron chi connectivity index (χ4n) is 1.84. The van der Waals surface area contributed by atoms with E-state index >= 15 is 0 Å². The minimum absolute atomic E-state index is 0.149. The molecule has 0 bridgehead atoms. The summed E-state index contributed by atoms with van der Waals surface area (Å²) in [6, 6.07) is 5.70. The first-order valence-electron chi connectivity index (χ1n) is 6.62. The van der Waals surface area contributed by atoms with Crippen LogP contribution in [0.5, 0.6) is 0 Å². The Bertz CT molecular complexity index is 609. The molecular weight excluding hydrogens is 272 g/mol. The molecule has 0 radical (unpaired) electrons. The van der Waals surface area contributed by atoms with Gasteiger partial charge in [0, 0.05) is 17.8 Å². The molecule has 2 N–H and O–H groups in total. The lowest BCUT2D eigenvalue weighted by molar-refractivity contribution is 0.102. The quantitative estimate of drug-likeness (QED) is 0.888. The molecule has 0 spiro atoms. The van der Waals surface area contributed by atoms with Crippen LogP contribution in [0.1, 0.15) is 34.8 Å². The van der Waals surface area contributed by atoms with Crippen LogP contribution in [0.25, 0.3) is 0 Å². The molecule has 6 heteroatoms. The van der Waals surface area contributed by atoms with Crippen molar-refractivity contribution in [2.24, 2.45) is 0 Å². The van der Waals surface area contributed by atoms with Crippen molar-refractivity contribution in [3.63, 3.8) is 0 Å². The second-order valence-electron chi connectivity index (χ2n) is 4.37. The lowest BCUT2D eigenvalue weighted by atomic mass is 10.1. The predicted molar refractivity (Wildman–Crippen MR) is 82.6 cm³/mol. The van der Waals surface area contributed by atoms with Gasteiger partial charge in [0.05, 0.1) is 0 Å². The zero-order valence-electron chi connectivity index (χ0n) is 11.9. The average Bonchev–Trinajstić information content (AvgIpc) is 2.86. The molecule has 0 atom stereocenters. The minimum atomic E-state index is -0.149. The zero-order chi connectivity index (χ0) is 14.5. The number of rotatable bonds is 5. The molecule has 0 saturated carbocycles. The lowest BCUT2D eigenvalue weighted by Gasteiger charge is -2.08. The van der Waals surface area contributed by atoms with E-state index in [4.69, 9.17) is 0 Å². The van der Waals surface area contributed by atoms with Crippen molar-refractivity contribution in [1.82, 2.24) is 10.2 Å². The van der Waals surface area contributed by atoms with Crippen LogP contribution in [0.4, 0.5) is 10.8 Å². The number of nitrogens with one attached hydrogen (secondary N) is 2. The third-order valence-electron chi connectivity index (χ3n) is 2.84. The number of benzene rings is 1. The molecular formula is C14H18N4OS. The van der Waals surface area contributed by atoms with Crippen molar-refractivity contribution >= 4 is 28.1 Å². The lowest BCUT2D eigenvalue weighted by Crippen LogP contribution is -2.13. The van der Waals surface area contributed by atoms with E-state index in [-0.39, 0.29) is 5.91 Å². The summed E-state index contributed by atoms with van der Waals surface area (Å²) in [4.78, 5) is 12.2. The number of aromatic nitrogens is 2. The van der Waals surface area contributed by atoms with Gasteiger partial charge in [-0.15, -0.1) is 10.2 Å². The largest absolute Gasteiger partial charge is 0.385 e. The molecule has 1 aromatic heterocycles. The van der Waals surface area contributed by atoms with Crippen molar-refractivity contribution in [1.29, 1.82) is 0 Å². The number of carbonyl (C=O) groups excluding carboxylic acids is 1. The van der Waals surface area contributed by atoms with Gasteiger partial charge in [-0.3, -0.25) is 10.1 Å². The number of nitrogens with zero attached hydrogens (tertiary/aromatic N) is 2. The van der Waals surface area contributed by atoms with Gasteiger partial charge in [-0.05, 0) is 44.0 Å². The first kappa shape index (κ1) is 14.5. The normalized spacial score (nSPS) is 10.3. The van der Waals surface area contributed by atoms with E-state index < -0.39 is 0 Å². The summed E-state index contributed by atoms with van der Waals surface area (Å²) in [5.74, 6) is -0.149. The fourth-order valence-corrected chi connectivity index (χ4v) is 2.52. The third-order valence-corrected chi connectivity index (χ3v) is 3.82. The smallest absolute Gasteiger partial charge is 0.257 e. The third kappa shape index (κ3) is 3.33. The maximum atomic E-state index is 12.2. The highest BCUT2D eigenvalue weighted by Crippen LogP contribution is 2.19. The number of carbonyl (C=O) groups is 1. The monoisotopic (exact) mass is 290 g/mol. The van der Waals surface area contributed by atoms with E-state index in [0.29, 0.717) is 10.7 Å². The van der Waals surface area contributed by atoms with Gasteiger partial charge in [-0.2, -0.15) is 0 Å². The highest BCUT2D eigenvalue weighted by atomic mass is 32.1. The molecule has 0 fully saturated rings. The standard InChI is InChI=1S/C14H18N4OS/c1-4-12-17-18-14(20-12)16-13(19)11-7-6-10(15-5-2)8-9(11)3/h6-8,15H,4-5H2,1-3H3,(H,16,18,19). The van der Waals surface area contributed by atoms with E-state index in [9.17, 15) is 4.79 Å². The van der Waals surface area contributed by atoms with Gasteiger partial charge in [0.15, 0.2) is 0 Å². The van der Waals surface area contributed by atoms with Crippen LogP contribution in [0.2, 0.25) is 0 Å². The number of anilines is 2. The van der Waals surface area contributed by atoms with Gasteiger partial charge < -0.3 is 5.32 Å². The molecule has 5 nitrogen and oxygen atoms in total. The first-order valence-corrected chi connectivity index (χ1v) is 7.44. The highest BCUT2D eigenvalue weighted by Gasteiger charge is 2.12. The Balaban J connectivity index is 2.12. The molecule has 20 heavy (non-hydrogen) atoms. The predicted octanol–water partition coefficient (Wildman–Crippen LogP) is 3.09. The number of hydrogen-bond acceptors (Lipinski definition) is 5. The summed E-state index contributed by atoms with van der Waals surface area (Å²) in [6.07, 6.45) is 0.823. The number of amides is 1. The maximum Gasteiger partial charge on any atom is 0.257 e. The van der Waals surface area contributed by atoms with Gasteiger partial charge in [0.25, 0.3) is 5.91 Å². The van der Waals surface area contributed by atoms with Crippen LogP contribution in [0.15, 0.2) is 18.2 Å². The summed E-state index contributed by atoms with van der Waals surface area (Å²) < 4.78 is 0. The zero-order valence-corrected chi connectivity index (χ0v) is 12.7. The summed E-state index contributed by atoms with van der Waals surface area (Å²) in [7, 11) is 0. The SMILES string of the molecule is CCNc1ccc(C(=O)Nc2nnc(CC)s2)c(C)c1. The Kier molecular flexibility index (Phi) is 4.68. The average molecular weight is 290 g/mol. The van der Waals surface area contributed by atoms with Crippen LogP contribution in [0, 0.1) is 6.92 Å². The van der Waals surface area contributed by atoms with E-state index in [0.717, 1.165) is 29.2 Å². The molecule has 106 valence electrons. The molecule has 2 rings (SSSR count). The van der Waals surface area contributed by atoms with E-state index in [1.54, 1.807) is 0 Å². The Labute approximate surface area is 122 Å². The maximum absolute atomic E-state index is 12.2. The Hall–Kier alpha value is -1.95. The molecule has 0 aliphatic rings. The highest BCUT2D eigenvalue weighted by molar-refractivity contribution is 7.15. The Morgan fingerprint density at radius 3 is 2.70 bits per heavy atom. The molecule has 1 heterocycles. The molecule has 2 aromatic rings. The van der Waals surface area contributed by atoms with Crippen molar-refractivity contribution in [2.45, 2.75) is 27.2 Å². The van der Waals surface area contributed by atoms with E-state index in [2.05, 4.69) is 20.8 Å². The van der Waals surface area contributed by atoms with Crippen molar-refractivity contribution in [3.8, 4) is 0 Å².